The first-order chi connectivity index (χ1) is 11.4. The average molecular weight is 329 g/mol. The first-order valence-corrected chi connectivity index (χ1v) is 7.51. The van der Waals surface area contributed by atoms with Gasteiger partial charge in [0, 0.05) is 6.07 Å². The molecule has 0 aliphatic heterocycles. The molecule has 1 amide bonds. The molecule has 0 aliphatic rings. The highest BCUT2D eigenvalue weighted by Gasteiger charge is 2.18. The maximum absolute atomic E-state index is 12.1. The second kappa shape index (κ2) is 7.59. The molecule has 0 radical (unpaired) electrons. The highest BCUT2D eigenvalue weighted by atomic mass is 16.5. The van der Waals surface area contributed by atoms with E-state index in [2.05, 4.69) is 5.32 Å². The average Bonchev–Trinajstić information content (AvgIpc) is 2.52. The van der Waals surface area contributed by atoms with Crippen molar-refractivity contribution < 1.29 is 18.7 Å². The Balaban J connectivity index is 1.95. The fourth-order valence-electron chi connectivity index (χ4n) is 2.37. The zero-order valence-electron chi connectivity index (χ0n) is 13.8. The molecule has 2 rings (SSSR count). The van der Waals surface area contributed by atoms with Gasteiger partial charge in [0.25, 0.3) is 5.91 Å². The first-order valence-electron chi connectivity index (χ1n) is 7.51. The predicted molar refractivity (Wildman–Crippen MR) is 87.7 cm³/mol. The van der Waals surface area contributed by atoms with Gasteiger partial charge in [-0.15, -0.1) is 0 Å². The molecule has 2 aromatic rings. The van der Waals surface area contributed by atoms with E-state index in [1.165, 1.54) is 13.0 Å². The molecule has 0 spiro atoms. The zero-order chi connectivity index (χ0) is 17.7. The van der Waals surface area contributed by atoms with Crippen LogP contribution >= 0.6 is 0 Å². The van der Waals surface area contributed by atoms with Crippen LogP contribution < -0.4 is 10.9 Å². The zero-order valence-corrected chi connectivity index (χ0v) is 13.8. The summed E-state index contributed by atoms with van der Waals surface area (Å²) in [4.78, 5) is 35.2. The Morgan fingerprint density at radius 3 is 2.50 bits per heavy atom. The summed E-state index contributed by atoms with van der Waals surface area (Å²) in [6, 6.07) is 10.5. The number of carbonyl (C=O) groups is 2. The Morgan fingerprint density at radius 2 is 1.88 bits per heavy atom. The van der Waals surface area contributed by atoms with E-state index in [4.69, 9.17) is 9.15 Å². The molecule has 24 heavy (non-hydrogen) atoms. The van der Waals surface area contributed by atoms with Crippen molar-refractivity contribution in [1.82, 2.24) is 5.32 Å². The molecular formula is C18H19NO5. The van der Waals surface area contributed by atoms with Crippen LogP contribution in [-0.2, 0) is 9.53 Å². The summed E-state index contributed by atoms with van der Waals surface area (Å²) in [5.74, 6) is -0.938. The van der Waals surface area contributed by atoms with Crippen molar-refractivity contribution in [3.05, 3.63) is 69.3 Å². The van der Waals surface area contributed by atoms with Gasteiger partial charge >= 0.3 is 11.6 Å². The Labute approximate surface area is 139 Å². The Kier molecular flexibility index (Phi) is 5.52. The van der Waals surface area contributed by atoms with Crippen molar-refractivity contribution in [2.45, 2.75) is 26.8 Å². The van der Waals surface area contributed by atoms with E-state index in [1.54, 1.807) is 6.92 Å². The lowest BCUT2D eigenvalue weighted by molar-refractivity contribution is -0.124. The van der Waals surface area contributed by atoms with Crippen LogP contribution in [-0.4, -0.2) is 18.5 Å². The van der Waals surface area contributed by atoms with Crippen LogP contribution in [0, 0.1) is 13.8 Å². The standard InChI is InChI=1S/C18H19NO5/c1-11-9-16(21)24-13(3)17(11)18(22)23-10-15(20)19-12(2)14-7-5-4-6-8-14/h4-9,12H,10H2,1-3H3,(H,19,20). The molecule has 0 aliphatic carbocycles. The highest BCUT2D eigenvalue weighted by Crippen LogP contribution is 2.13. The molecular weight excluding hydrogens is 310 g/mol. The SMILES string of the molecule is Cc1cc(=O)oc(C)c1C(=O)OCC(=O)NC(C)c1ccccc1. The lowest BCUT2D eigenvalue weighted by Gasteiger charge is -2.14. The smallest absolute Gasteiger partial charge is 0.342 e. The largest absolute Gasteiger partial charge is 0.452 e. The molecule has 1 aromatic heterocycles. The van der Waals surface area contributed by atoms with Crippen molar-refractivity contribution in [3.63, 3.8) is 0 Å². The topological polar surface area (TPSA) is 85.6 Å². The summed E-state index contributed by atoms with van der Waals surface area (Å²) in [7, 11) is 0. The molecule has 0 saturated carbocycles. The number of aryl methyl sites for hydroxylation is 2. The van der Waals surface area contributed by atoms with Gasteiger partial charge in [-0.1, -0.05) is 30.3 Å². The molecule has 1 N–H and O–H groups in total. The third-order valence-corrected chi connectivity index (χ3v) is 3.55. The van der Waals surface area contributed by atoms with Crippen LogP contribution in [0.5, 0.6) is 0 Å². The van der Waals surface area contributed by atoms with Crippen molar-refractivity contribution in [2.24, 2.45) is 0 Å². The number of nitrogens with one attached hydrogen (secondary N) is 1. The minimum absolute atomic E-state index is 0.165. The summed E-state index contributed by atoms with van der Waals surface area (Å²) in [6.07, 6.45) is 0. The Bertz CT molecular complexity index is 769. The van der Waals surface area contributed by atoms with Crippen molar-refractivity contribution in [2.75, 3.05) is 6.61 Å². The van der Waals surface area contributed by atoms with Gasteiger partial charge in [0.2, 0.25) is 0 Å². The number of rotatable bonds is 5. The number of benzene rings is 1. The van der Waals surface area contributed by atoms with E-state index in [1.807, 2.05) is 37.3 Å². The summed E-state index contributed by atoms with van der Waals surface area (Å²) >= 11 is 0. The highest BCUT2D eigenvalue weighted by molar-refractivity contribution is 5.93. The quantitative estimate of drug-likeness (QED) is 0.851. The Morgan fingerprint density at radius 1 is 1.21 bits per heavy atom. The van der Waals surface area contributed by atoms with E-state index in [0.717, 1.165) is 5.56 Å². The molecule has 126 valence electrons. The minimum atomic E-state index is -0.698. The van der Waals surface area contributed by atoms with Crippen LogP contribution in [0.2, 0.25) is 0 Å². The van der Waals surface area contributed by atoms with E-state index in [9.17, 15) is 14.4 Å². The fourth-order valence-corrected chi connectivity index (χ4v) is 2.37. The van der Waals surface area contributed by atoms with Gasteiger partial charge in [0.15, 0.2) is 6.61 Å². The Hall–Kier alpha value is -2.89. The fraction of sp³-hybridized carbons (Fsp3) is 0.278. The molecule has 1 heterocycles. The van der Waals surface area contributed by atoms with Crippen LogP contribution in [0.1, 0.15) is 40.2 Å². The first kappa shape index (κ1) is 17.5. The number of carbonyl (C=O) groups excluding carboxylic acids is 2. The van der Waals surface area contributed by atoms with Crippen LogP contribution in [0.4, 0.5) is 0 Å². The van der Waals surface area contributed by atoms with Crippen LogP contribution in [0.3, 0.4) is 0 Å². The van der Waals surface area contributed by atoms with Gasteiger partial charge in [0.05, 0.1) is 6.04 Å². The van der Waals surface area contributed by atoms with Crippen molar-refractivity contribution in [3.8, 4) is 0 Å². The molecule has 1 atom stereocenters. The third-order valence-electron chi connectivity index (χ3n) is 3.55. The predicted octanol–water partition coefficient (Wildman–Crippen LogP) is 2.29. The van der Waals surface area contributed by atoms with Gasteiger partial charge in [-0.2, -0.15) is 0 Å². The lowest BCUT2D eigenvalue weighted by Crippen LogP contribution is -2.31. The number of hydrogen-bond acceptors (Lipinski definition) is 5. The van der Waals surface area contributed by atoms with Gasteiger partial charge < -0.3 is 14.5 Å². The molecule has 0 fully saturated rings. The second-order valence-electron chi connectivity index (χ2n) is 5.46. The summed E-state index contributed by atoms with van der Waals surface area (Å²) in [5.41, 5.74) is 1.04. The number of esters is 1. The maximum atomic E-state index is 12.1. The van der Waals surface area contributed by atoms with Crippen LogP contribution in [0.25, 0.3) is 0 Å². The second-order valence-corrected chi connectivity index (χ2v) is 5.46. The number of amides is 1. The van der Waals surface area contributed by atoms with Gasteiger partial charge in [0.1, 0.15) is 11.3 Å². The van der Waals surface area contributed by atoms with Gasteiger partial charge in [-0.05, 0) is 31.9 Å². The van der Waals surface area contributed by atoms with Crippen molar-refractivity contribution in [1.29, 1.82) is 0 Å². The van der Waals surface area contributed by atoms with E-state index in [-0.39, 0.29) is 17.4 Å². The normalized spacial score (nSPS) is 11.6. The number of hydrogen-bond donors (Lipinski definition) is 1. The number of ether oxygens (including phenoxy) is 1. The molecule has 6 nitrogen and oxygen atoms in total. The summed E-state index contributed by atoms with van der Waals surface area (Å²) in [5, 5.41) is 2.75. The van der Waals surface area contributed by atoms with E-state index >= 15 is 0 Å². The summed E-state index contributed by atoms with van der Waals surface area (Å²) < 4.78 is 9.90. The molecule has 1 unspecified atom stereocenters. The van der Waals surface area contributed by atoms with Crippen LogP contribution in [0.15, 0.2) is 45.6 Å². The van der Waals surface area contributed by atoms with E-state index in [0.29, 0.717) is 5.56 Å². The van der Waals surface area contributed by atoms with E-state index < -0.39 is 24.1 Å². The van der Waals surface area contributed by atoms with Gasteiger partial charge in [-0.25, -0.2) is 9.59 Å². The maximum Gasteiger partial charge on any atom is 0.342 e. The summed E-state index contributed by atoms with van der Waals surface area (Å²) in [6.45, 7) is 4.55. The monoisotopic (exact) mass is 329 g/mol. The van der Waals surface area contributed by atoms with Gasteiger partial charge in [-0.3, -0.25) is 4.79 Å². The minimum Gasteiger partial charge on any atom is -0.452 e. The molecule has 1 aromatic carbocycles. The molecule has 6 heteroatoms. The molecule has 0 bridgehead atoms. The molecule has 0 saturated heterocycles. The lowest BCUT2D eigenvalue weighted by atomic mass is 10.1. The third kappa shape index (κ3) is 4.32. The van der Waals surface area contributed by atoms with Crippen molar-refractivity contribution >= 4 is 11.9 Å².